The maximum atomic E-state index is 12.7. The van der Waals surface area contributed by atoms with Crippen LogP contribution in [0.15, 0.2) is 48.5 Å². The maximum absolute atomic E-state index is 12.7. The average molecular weight is 463 g/mol. The second-order valence-electron chi connectivity index (χ2n) is 7.91. The molecule has 2 rings (SSSR count). The van der Waals surface area contributed by atoms with E-state index < -0.39 is 11.7 Å². The van der Waals surface area contributed by atoms with Crippen LogP contribution in [0.4, 0.5) is 18.9 Å². The molecule has 4 nitrogen and oxygen atoms in total. The fraction of sp³-hybridized carbons (Fsp3) is 0.423. The Bertz CT molecular complexity index is 903. The van der Waals surface area contributed by atoms with E-state index in [2.05, 4.69) is 24.1 Å². The molecule has 2 aromatic rings. The standard InChI is InChI=1S/C26H33F3N2O2/c1-4-16-31(17-5-2)18-6-7-21-19-23(13-14-24(21)33-3)30-25(32)15-10-20-8-11-22(12-9-20)26(27,28)29/h8-15,19H,4-7,16-18H2,1-3H3,(H,30,32). The van der Waals surface area contributed by atoms with Gasteiger partial charge >= 0.3 is 6.18 Å². The molecule has 0 saturated carbocycles. The van der Waals surface area contributed by atoms with E-state index >= 15 is 0 Å². The van der Waals surface area contributed by atoms with Gasteiger partial charge in [0.2, 0.25) is 5.91 Å². The molecule has 0 unspecified atom stereocenters. The van der Waals surface area contributed by atoms with Gasteiger partial charge in [0.15, 0.2) is 0 Å². The van der Waals surface area contributed by atoms with Crippen LogP contribution in [0.25, 0.3) is 6.08 Å². The quantitative estimate of drug-likeness (QED) is 0.370. The lowest BCUT2D eigenvalue weighted by atomic mass is 10.1. The molecule has 0 heterocycles. The SMILES string of the molecule is CCCN(CCC)CCCc1cc(NC(=O)C=Cc2ccc(C(F)(F)F)cc2)ccc1OC. The molecule has 0 saturated heterocycles. The molecular weight excluding hydrogens is 429 g/mol. The van der Waals surface area contributed by atoms with Crippen LogP contribution in [-0.4, -0.2) is 37.6 Å². The number of rotatable bonds is 12. The van der Waals surface area contributed by atoms with Crippen molar-refractivity contribution >= 4 is 17.7 Å². The third-order valence-electron chi connectivity index (χ3n) is 5.21. The monoisotopic (exact) mass is 462 g/mol. The minimum Gasteiger partial charge on any atom is -0.496 e. The van der Waals surface area contributed by atoms with Crippen LogP contribution >= 0.6 is 0 Å². The van der Waals surface area contributed by atoms with E-state index in [-0.39, 0.29) is 5.91 Å². The van der Waals surface area contributed by atoms with Gasteiger partial charge in [-0.05, 0) is 92.9 Å². The van der Waals surface area contributed by atoms with E-state index in [0.717, 1.165) is 68.8 Å². The zero-order valence-electron chi connectivity index (χ0n) is 19.5. The molecule has 0 aliphatic heterocycles. The zero-order chi connectivity index (χ0) is 24.3. The Hall–Kier alpha value is -2.80. The van der Waals surface area contributed by atoms with Crippen molar-refractivity contribution in [2.45, 2.75) is 45.7 Å². The number of ether oxygens (including phenoxy) is 1. The summed E-state index contributed by atoms with van der Waals surface area (Å²) in [6, 6.07) is 10.2. The highest BCUT2D eigenvalue weighted by atomic mass is 19.4. The van der Waals surface area contributed by atoms with Gasteiger partial charge in [0.1, 0.15) is 5.75 Å². The van der Waals surface area contributed by atoms with Gasteiger partial charge in [-0.15, -0.1) is 0 Å². The Labute approximate surface area is 194 Å². The lowest BCUT2D eigenvalue weighted by Crippen LogP contribution is -2.26. The molecule has 0 aliphatic rings. The number of nitrogens with zero attached hydrogens (tertiary/aromatic N) is 1. The minimum absolute atomic E-state index is 0.358. The molecule has 2 aromatic carbocycles. The molecule has 180 valence electrons. The third-order valence-corrected chi connectivity index (χ3v) is 5.21. The van der Waals surface area contributed by atoms with Crippen molar-refractivity contribution < 1.29 is 22.7 Å². The van der Waals surface area contributed by atoms with Gasteiger partial charge in [0, 0.05) is 11.8 Å². The number of anilines is 1. The molecule has 1 amide bonds. The minimum atomic E-state index is -4.38. The highest BCUT2D eigenvalue weighted by Gasteiger charge is 2.29. The largest absolute Gasteiger partial charge is 0.496 e. The van der Waals surface area contributed by atoms with Crippen LogP contribution in [0, 0.1) is 0 Å². The summed E-state index contributed by atoms with van der Waals surface area (Å²) in [5.74, 6) is 0.425. The Morgan fingerprint density at radius 1 is 1.03 bits per heavy atom. The summed E-state index contributed by atoms with van der Waals surface area (Å²) in [7, 11) is 1.63. The van der Waals surface area contributed by atoms with Gasteiger partial charge in [0.05, 0.1) is 12.7 Å². The first kappa shape index (κ1) is 26.5. The number of carbonyl (C=O) groups is 1. The first-order valence-electron chi connectivity index (χ1n) is 11.3. The second kappa shape index (κ2) is 13.0. The predicted octanol–water partition coefficient (Wildman–Crippen LogP) is 6.42. The van der Waals surface area contributed by atoms with Gasteiger partial charge in [-0.1, -0.05) is 26.0 Å². The van der Waals surface area contributed by atoms with Crippen molar-refractivity contribution in [1.82, 2.24) is 4.90 Å². The Balaban J connectivity index is 1.98. The Morgan fingerprint density at radius 3 is 2.27 bits per heavy atom. The van der Waals surface area contributed by atoms with E-state index in [4.69, 9.17) is 4.74 Å². The molecule has 7 heteroatoms. The van der Waals surface area contributed by atoms with Crippen LogP contribution < -0.4 is 10.1 Å². The summed E-state index contributed by atoms with van der Waals surface area (Å²) in [4.78, 5) is 14.8. The van der Waals surface area contributed by atoms with Crippen molar-refractivity contribution in [2.24, 2.45) is 0 Å². The topological polar surface area (TPSA) is 41.6 Å². The van der Waals surface area contributed by atoms with Gasteiger partial charge in [0.25, 0.3) is 0 Å². The number of aryl methyl sites for hydroxylation is 1. The van der Waals surface area contributed by atoms with Crippen molar-refractivity contribution in [3.05, 3.63) is 65.2 Å². The molecule has 0 aliphatic carbocycles. The number of hydrogen-bond acceptors (Lipinski definition) is 3. The van der Waals surface area contributed by atoms with E-state index in [9.17, 15) is 18.0 Å². The number of halogens is 3. The van der Waals surface area contributed by atoms with Crippen molar-refractivity contribution in [3.63, 3.8) is 0 Å². The number of amides is 1. The third kappa shape index (κ3) is 8.92. The van der Waals surface area contributed by atoms with Crippen LogP contribution in [0.1, 0.15) is 49.8 Å². The Morgan fingerprint density at radius 2 is 1.70 bits per heavy atom. The smallest absolute Gasteiger partial charge is 0.416 e. The van der Waals surface area contributed by atoms with E-state index in [0.29, 0.717) is 11.3 Å². The van der Waals surface area contributed by atoms with Gasteiger partial charge < -0.3 is 15.0 Å². The first-order valence-corrected chi connectivity index (χ1v) is 11.3. The number of nitrogens with one attached hydrogen (secondary N) is 1. The molecule has 0 spiro atoms. The lowest BCUT2D eigenvalue weighted by molar-refractivity contribution is -0.137. The van der Waals surface area contributed by atoms with Gasteiger partial charge in [-0.2, -0.15) is 13.2 Å². The summed E-state index contributed by atoms with van der Waals surface area (Å²) in [6.45, 7) is 7.56. The molecule has 0 atom stereocenters. The molecule has 1 N–H and O–H groups in total. The summed E-state index contributed by atoms with van der Waals surface area (Å²) in [5.41, 5.74) is 1.46. The predicted molar refractivity (Wildman–Crippen MR) is 127 cm³/mol. The average Bonchev–Trinajstić information content (AvgIpc) is 2.78. The normalized spacial score (nSPS) is 11.8. The van der Waals surface area contributed by atoms with E-state index in [1.54, 1.807) is 13.2 Å². The Kier molecular flexibility index (Phi) is 10.5. The summed E-state index contributed by atoms with van der Waals surface area (Å²) in [5, 5.41) is 2.81. The van der Waals surface area contributed by atoms with Gasteiger partial charge in [-0.3, -0.25) is 4.79 Å². The number of carbonyl (C=O) groups excluding carboxylic acids is 1. The van der Waals surface area contributed by atoms with Crippen LogP contribution in [0.2, 0.25) is 0 Å². The molecule has 0 fully saturated rings. The first-order chi connectivity index (χ1) is 15.8. The van der Waals surface area contributed by atoms with Crippen molar-refractivity contribution in [3.8, 4) is 5.75 Å². The van der Waals surface area contributed by atoms with Crippen molar-refractivity contribution in [2.75, 3.05) is 32.1 Å². The lowest BCUT2D eigenvalue weighted by Gasteiger charge is -2.21. The fourth-order valence-electron chi connectivity index (χ4n) is 3.65. The summed E-state index contributed by atoms with van der Waals surface area (Å²) >= 11 is 0. The van der Waals surface area contributed by atoms with Gasteiger partial charge in [-0.25, -0.2) is 0 Å². The van der Waals surface area contributed by atoms with Crippen LogP contribution in [0.5, 0.6) is 5.75 Å². The summed E-state index contributed by atoms with van der Waals surface area (Å²) in [6.07, 6.45) is 2.49. The molecular formula is C26H33F3N2O2. The highest BCUT2D eigenvalue weighted by Crippen LogP contribution is 2.29. The van der Waals surface area contributed by atoms with Crippen molar-refractivity contribution in [1.29, 1.82) is 0 Å². The fourth-order valence-corrected chi connectivity index (χ4v) is 3.65. The van der Waals surface area contributed by atoms with E-state index in [1.165, 1.54) is 24.3 Å². The number of alkyl halides is 3. The second-order valence-corrected chi connectivity index (χ2v) is 7.91. The van der Waals surface area contributed by atoms with E-state index in [1.807, 2.05) is 12.1 Å². The summed E-state index contributed by atoms with van der Waals surface area (Å²) < 4.78 is 43.4. The van der Waals surface area contributed by atoms with Crippen LogP contribution in [0.3, 0.4) is 0 Å². The highest BCUT2D eigenvalue weighted by molar-refractivity contribution is 6.02. The molecule has 0 radical (unpaired) electrons. The molecule has 0 bridgehead atoms. The number of benzene rings is 2. The van der Waals surface area contributed by atoms with Crippen LogP contribution in [-0.2, 0) is 17.4 Å². The molecule has 33 heavy (non-hydrogen) atoms. The molecule has 0 aromatic heterocycles. The number of hydrogen-bond donors (Lipinski definition) is 1. The number of methoxy groups -OCH3 is 1. The maximum Gasteiger partial charge on any atom is 0.416 e. The zero-order valence-corrected chi connectivity index (χ0v) is 19.5.